The van der Waals surface area contributed by atoms with E-state index in [0.717, 1.165) is 12.8 Å². The van der Waals surface area contributed by atoms with Gasteiger partial charge in [-0.05, 0) is 37.0 Å². The summed E-state index contributed by atoms with van der Waals surface area (Å²) in [4.78, 5) is 12.1. The normalized spacial score (nSPS) is 17.3. The summed E-state index contributed by atoms with van der Waals surface area (Å²) in [5.74, 6) is -0.186. The molecule has 0 aliphatic heterocycles. The Kier molecular flexibility index (Phi) is 5.84. The second-order valence-corrected chi connectivity index (χ2v) is 5.95. The summed E-state index contributed by atoms with van der Waals surface area (Å²) in [7, 11) is 0. The van der Waals surface area contributed by atoms with Gasteiger partial charge < -0.3 is 5.32 Å². The van der Waals surface area contributed by atoms with Crippen molar-refractivity contribution in [1.82, 2.24) is 5.32 Å². The number of amides is 1. The molecule has 0 heterocycles. The lowest BCUT2D eigenvalue weighted by Crippen LogP contribution is -2.30. The van der Waals surface area contributed by atoms with Gasteiger partial charge in [-0.25, -0.2) is 4.39 Å². The second kappa shape index (κ2) is 7.63. The van der Waals surface area contributed by atoms with Crippen molar-refractivity contribution in [2.24, 2.45) is 5.92 Å². The minimum atomic E-state index is -0.439. The zero-order valence-corrected chi connectivity index (χ0v) is 12.4. The first kappa shape index (κ1) is 15.3. The third-order valence-electron chi connectivity index (χ3n) is 3.95. The fourth-order valence-corrected chi connectivity index (χ4v) is 2.95. The lowest BCUT2D eigenvalue weighted by atomic mass is 9.91. The molecule has 1 saturated carbocycles. The minimum absolute atomic E-state index is 0.220. The van der Waals surface area contributed by atoms with Crippen LogP contribution in [0.4, 0.5) is 4.39 Å². The van der Waals surface area contributed by atoms with Gasteiger partial charge in [0, 0.05) is 6.54 Å². The second-order valence-electron chi connectivity index (χ2n) is 5.55. The Bertz CT molecular complexity index is 456. The largest absolute Gasteiger partial charge is 0.352 e. The van der Waals surface area contributed by atoms with Crippen LogP contribution in [0.3, 0.4) is 0 Å². The van der Waals surface area contributed by atoms with Crippen molar-refractivity contribution in [1.29, 1.82) is 0 Å². The van der Waals surface area contributed by atoms with Crippen LogP contribution in [-0.4, -0.2) is 12.5 Å². The molecule has 1 aromatic rings. The van der Waals surface area contributed by atoms with Crippen molar-refractivity contribution in [2.45, 2.75) is 44.9 Å². The number of hydrogen-bond donors (Lipinski definition) is 1. The van der Waals surface area contributed by atoms with E-state index in [0.29, 0.717) is 17.5 Å². The van der Waals surface area contributed by atoms with Crippen molar-refractivity contribution in [3.05, 3.63) is 34.6 Å². The zero-order valence-electron chi connectivity index (χ0n) is 11.6. The van der Waals surface area contributed by atoms with Crippen LogP contribution in [-0.2, 0) is 0 Å². The fourth-order valence-electron chi connectivity index (χ4n) is 2.75. The van der Waals surface area contributed by atoms with E-state index in [2.05, 4.69) is 5.32 Å². The van der Waals surface area contributed by atoms with Crippen LogP contribution in [0.1, 0.15) is 55.3 Å². The molecular weight excluding hydrogens is 277 g/mol. The molecule has 1 aromatic carbocycles. The van der Waals surface area contributed by atoms with E-state index in [1.165, 1.54) is 50.3 Å². The maximum absolute atomic E-state index is 13.2. The monoisotopic (exact) mass is 297 g/mol. The van der Waals surface area contributed by atoms with E-state index in [4.69, 9.17) is 11.6 Å². The highest BCUT2D eigenvalue weighted by Crippen LogP contribution is 2.22. The molecule has 1 aliphatic rings. The van der Waals surface area contributed by atoms with E-state index in [1.807, 2.05) is 0 Å². The molecule has 1 amide bonds. The summed E-state index contributed by atoms with van der Waals surface area (Å²) in [5.41, 5.74) is 0.220. The Morgan fingerprint density at radius 1 is 1.20 bits per heavy atom. The third kappa shape index (κ3) is 4.48. The van der Waals surface area contributed by atoms with Gasteiger partial charge in [0.15, 0.2) is 0 Å². The van der Waals surface area contributed by atoms with Gasteiger partial charge in [0.2, 0.25) is 0 Å². The van der Waals surface area contributed by atoms with E-state index >= 15 is 0 Å². The summed E-state index contributed by atoms with van der Waals surface area (Å²) in [6, 6.07) is 3.87. The average molecular weight is 298 g/mol. The SMILES string of the molecule is O=C(NCC1CCCCCCC1)c1cc(F)ccc1Cl. The summed E-state index contributed by atoms with van der Waals surface area (Å²) in [5, 5.41) is 3.19. The molecule has 0 atom stereocenters. The first-order chi connectivity index (χ1) is 9.66. The van der Waals surface area contributed by atoms with Gasteiger partial charge in [0.1, 0.15) is 5.82 Å². The minimum Gasteiger partial charge on any atom is -0.352 e. The molecule has 2 rings (SSSR count). The predicted molar refractivity (Wildman–Crippen MR) is 79.6 cm³/mol. The van der Waals surface area contributed by atoms with Gasteiger partial charge in [-0.2, -0.15) is 0 Å². The van der Waals surface area contributed by atoms with Crippen molar-refractivity contribution in [3.63, 3.8) is 0 Å². The number of halogens is 2. The van der Waals surface area contributed by atoms with Crippen LogP contribution in [0.5, 0.6) is 0 Å². The molecule has 1 N–H and O–H groups in total. The number of benzene rings is 1. The predicted octanol–water partition coefficient (Wildman–Crippen LogP) is 4.57. The Hall–Kier alpha value is -1.09. The number of rotatable bonds is 3. The molecule has 1 fully saturated rings. The Labute approximate surface area is 124 Å². The van der Waals surface area contributed by atoms with Crippen LogP contribution in [0.25, 0.3) is 0 Å². The molecular formula is C16H21ClFNO. The molecule has 0 aromatic heterocycles. The summed E-state index contributed by atoms with van der Waals surface area (Å²) < 4.78 is 13.2. The van der Waals surface area contributed by atoms with E-state index in [-0.39, 0.29) is 11.5 Å². The van der Waals surface area contributed by atoms with E-state index < -0.39 is 5.82 Å². The molecule has 0 bridgehead atoms. The Balaban J connectivity index is 1.89. The summed E-state index contributed by atoms with van der Waals surface area (Å²) >= 11 is 5.93. The molecule has 110 valence electrons. The van der Waals surface area contributed by atoms with E-state index in [9.17, 15) is 9.18 Å². The highest BCUT2D eigenvalue weighted by atomic mass is 35.5. The summed E-state index contributed by atoms with van der Waals surface area (Å²) in [6.07, 6.45) is 8.72. The fraction of sp³-hybridized carbons (Fsp3) is 0.562. The van der Waals surface area contributed by atoms with Crippen LogP contribution >= 0.6 is 11.6 Å². The lowest BCUT2D eigenvalue weighted by molar-refractivity contribution is 0.0944. The Morgan fingerprint density at radius 3 is 2.55 bits per heavy atom. The molecule has 1 aliphatic carbocycles. The van der Waals surface area contributed by atoms with E-state index in [1.54, 1.807) is 0 Å². The molecule has 0 spiro atoms. The van der Waals surface area contributed by atoms with Gasteiger partial charge in [-0.1, -0.05) is 43.7 Å². The number of carbonyl (C=O) groups excluding carboxylic acids is 1. The smallest absolute Gasteiger partial charge is 0.252 e. The van der Waals surface area contributed by atoms with Crippen molar-refractivity contribution < 1.29 is 9.18 Å². The van der Waals surface area contributed by atoms with Crippen LogP contribution in [0.15, 0.2) is 18.2 Å². The topological polar surface area (TPSA) is 29.1 Å². The molecule has 0 saturated heterocycles. The summed E-state index contributed by atoms with van der Waals surface area (Å²) in [6.45, 7) is 0.658. The third-order valence-corrected chi connectivity index (χ3v) is 4.28. The van der Waals surface area contributed by atoms with Crippen molar-refractivity contribution >= 4 is 17.5 Å². The highest BCUT2D eigenvalue weighted by molar-refractivity contribution is 6.33. The molecule has 4 heteroatoms. The van der Waals surface area contributed by atoms with Gasteiger partial charge in [0.25, 0.3) is 5.91 Å². The zero-order chi connectivity index (χ0) is 14.4. The molecule has 20 heavy (non-hydrogen) atoms. The van der Waals surface area contributed by atoms with Crippen LogP contribution in [0.2, 0.25) is 5.02 Å². The van der Waals surface area contributed by atoms with Gasteiger partial charge in [-0.15, -0.1) is 0 Å². The standard InChI is InChI=1S/C16H21ClFNO/c17-15-9-8-13(18)10-14(15)16(20)19-11-12-6-4-2-1-3-5-7-12/h8-10,12H,1-7,11H2,(H,19,20). The molecule has 0 unspecified atom stereocenters. The number of carbonyl (C=O) groups is 1. The average Bonchev–Trinajstić information content (AvgIpc) is 2.40. The van der Waals surface area contributed by atoms with Gasteiger partial charge in [-0.3, -0.25) is 4.79 Å². The number of nitrogens with one attached hydrogen (secondary N) is 1. The first-order valence-corrected chi connectivity index (χ1v) is 7.78. The van der Waals surface area contributed by atoms with Crippen molar-refractivity contribution in [2.75, 3.05) is 6.54 Å². The lowest BCUT2D eigenvalue weighted by Gasteiger charge is -2.20. The number of hydrogen-bond acceptors (Lipinski definition) is 1. The molecule has 2 nitrogen and oxygen atoms in total. The van der Waals surface area contributed by atoms with Gasteiger partial charge in [0.05, 0.1) is 10.6 Å². The van der Waals surface area contributed by atoms with Crippen LogP contribution < -0.4 is 5.32 Å². The maximum Gasteiger partial charge on any atom is 0.252 e. The Morgan fingerprint density at radius 2 is 1.85 bits per heavy atom. The maximum atomic E-state index is 13.2. The quantitative estimate of drug-likeness (QED) is 0.870. The van der Waals surface area contributed by atoms with Crippen LogP contribution in [0, 0.1) is 11.7 Å². The van der Waals surface area contributed by atoms with Gasteiger partial charge >= 0.3 is 0 Å². The van der Waals surface area contributed by atoms with Crippen molar-refractivity contribution in [3.8, 4) is 0 Å². The first-order valence-electron chi connectivity index (χ1n) is 7.40. The molecule has 0 radical (unpaired) electrons. The highest BCUT2D eigenvalue weighted by Gasteiger charge is 2.15.